The molecular weight excluding hydrogens is 252 g/mol. The number of aryl methyl sites for hydroxylation is 1. The molecule has 1 atom stereocenters. The summed E-state index contributed by atoms with van der Waals surface area (Å²) >= 11 is 3.70. The summed E-state index contributed by atoms with van der Waals surface area (Å²) in [7, 11) is 0. The van der Waals surface area contributed by atoms with Crippen LogP contribution < -0.4 is 0 Å². The second kappa shape index (κ2) is 5.08. The van der Waals surface area contributed by atoms with Gasteiger partial charge in [0.2, 0.25) is 0 Å². The van der Waals surface area contributed by atoms with Gasteiger partial charge in [0.25, 0.3) is 0 Å². The zero-order valence-corrected chi connectivity index (χ0v) is 10.7. The number of rotatable bonds is 2. The zero-order valence-electron chi connectivity index (χ0n) is 9.12. The van der Waals surface area contributed by atoms with E-state index in [1.54, 1.807) is 0 Å². The number of hydrogen-bond acceptors (Lipinski definition) is 2. The monoisotopic (exact) mass is 268 g/mol. The number of halogens is 1. The van der Waals surface area contributed by atoms with Crippen LogP contribution in [0, 0.1) is 6.92 Å². The van der Waals surface area contributed by atoms with Crippen LogP contribution in [0.1, 0.15) is 24.0 Å². The Kier molecular flexibility index (Phi) is 3.76. The van der Waals surface area contributed by atoms with Crippen molar-refractivity contribution >= 4 is 15.9 Å². The fourth-order valence-electron chi connectivity index (χ4n) is 2.10. The predicted octanol–water partition coefficient (Wildman–Crippen LogP) is 2.75. The quantitative estimate of drug-likeness (QED) is 0.767. The molecule has 0 bridgehead atoms. The predicted molar refractivity (Wildman–Crippen MR) is 66.2 cm³/mol. The molecule has 2 rings (SSSR count). The van der Waals surface area contributed by atoms with E-state index in [4.69, 9.17) is 0 Å². The van der Waals surface area contributed by atoms with E-state index in [0.29, 0.717) is 4.83 Å². The van der Waals surface area contributed by atoms with Crippen LogP contribution in [0.25, 0.3) is 0 Å². The molecule has 1 aromatic rings. The van der Waals surface area contributed by atoms with Crippen molar-refractivity contribution in [3.05, 3.63) is 29.6 Å². The standard InChI is InChI=1S/C12H17BrN2/c1-10-5-11(7-14-6-10)8-15-4-2-3-12(13)9-15/h5-7,12H,2-4,8-9H2,1H3. The minimum atomic E-state index is 0.670. The third-order valence-electron chi connectivity index (χ3n) is 2.79. The summed E-state index contributed by atoms with van der Waals surface area (Å²) in [6.07, 6.45) is 6.50. The van der Waals surface area contributed by atoms with E-state index >= 15 is 0 Å². The van der Waals surface area contributed by atoms with Gasteiger partial charge in [-0.1, -0.05) is 22.0 Å². The second-order valence-corrected chi connectivity index (χ2v) is 5.64. The first-order valence-corrected chi connectivity index (χ1v) is 6.42. The zero-order chi connectivity index (χ0) is 10.7. The number of hydrogen-bond donors (Lipinski definition) is 0. The molecule has 0 spiro atoms. The van der Waals surface area contributed by atoms with E-state index in [2.05, 4.69) is 38.8 Å². The van der Waals surface area contributed by atoms with Crippen LogP contribution in [0.3, 0.4) is 0 Å². The highest BCUT2D eigenvalue weighted by Crippen LogP contribution is 2.18. The summed E-state index contributed by atoms with van der Waals surface area (Å²) in [4.78, 5) is 7.40. The molecular formula is C12H17BrN2. The van der Waals surface area contributed by atoms with E-state index < -0.39 is 0 Å². The number of nitrogens with zero attached hydrogens (tertiary/aromatic N) is 2. The van der Waals surface area contributed by atoms with Gasteiger partial charge in [-0.2, -0.15) is 0 Å². The molecule has 0 amide bonds. The Labute approximate surface area is 99.8 Å². The maximum absolute atomic E-state index is 4.23. The average molecular weight is 269 g/mol. The third kappa shape index (κ3) is 3.28. The fraction of sp³-hybridized carbons (Fsp3) is 0.583. The van der Waals surface area contributed by atoms with Crippen molar-refractivity contribution in [2.24, 2.45) is 0 Å². The van der Waals surface area contributed by atoms with Gasteiger partial charge in [0.1, 0.15) is 0 Å². The van der Waals surface area contributed by atoms with Gasteiger partial charge in [0.05, 0.1) is 0 Å². The molecule has 1 aliphatic heterocycles. The molecule has 1 fully saturated rings. The van der Waals surface area contributed by atoms with Crippen molar-refractivity contribution in [2.45, 2.75) is 31.1 Å². The van der Waals surface area contributed by atoms with Crippen molar-refractivity contribution in [2.75, 3.05) is 13.1 Å². The van der Waals surface area contributed by atoms with E-state index in [9.17, 15) is 0 Å². The van der Waals surface area contributed by atoms with Gasteiger partial charge in [0, 0.05) is 30.3 Å². The topological polar surface area (TPSA) is 16.1 Å². The summed E-state index contributed by atoms with van der Waals surface area (Å²) in [5.41, 5.74) is 2.58. The molecule has 2 nitrogen and oxygen atoms in total. The molecule has 0 aromatic carbocycles. The molecule has 2 heterocycles. The highest BCUT2D eigenvalue weighted by atomic mass is 79.9. The summed E-state index contributed by atoms with van der Waals surface area (Å²) < 4.78 is 0. The molecule has 15 heavy (non-hydrogen) atoms. The second-order valence-electron chi connectivity index (χ2n) is 4.35. The van der Waals surface area contributed by atoms with Gasteiger partial charge in [-0.3, -0.25) is 9.88 Å². The van der Waals surface area contributed by atoms with E-state index in [1.807, 2.05) is 12.4 Å². The Morgan fingerprint density at radius 1 is 1.53 bits per heavy atom. The molecule has 1 unspecified atom stereocenters. The molecule has 1 saturated heterocycles. The van der Waals surface area contributed by atoms with Gasteiger partial charge in [-0.15, -0.1) is 0 Å². The lowest BCUT2D eigenvalue weighted by Gasteiger charge is -2.29. The maximum Gasteiger partial charge on any atom is 0.0313 e. The molecule has 0 saturated carbocycles. The first-order valence-electron chi connectivity index (χ1n) is 5.51. The van der Waals surface area contributed by atoms with Crippen LogP contribution >= 0.6 is 15.9 Å². The lowest BCUT2D eigenvalue weighted by molar-refractivity contribution is 0.227. The molecule has 1 aromatic heterocycles. The van der Waals surface area contributed by atoms with Crippen LogP contribution in [0.2, 0.25) is 0 Å². The van der Waals surface area contributed by atoms with Crippen molar-refractivity contribution < 1.29 is 0 Å². The number of pyridine rings is 1. The van der Waals surface area contributed by atoms with Crippen molar-refractivity contribution in [1.29, 1.82) is 0 Å². The SMILES string of the molecule is Cc1cncc(CN2CCCC(Br)C2)c1. The molecule has 0 radical (unpaired) electrons. The molecule has 1 aliphatic rings. The number of aromatic nitrogens is 1. The smallest absolute Gasteiger partial charge is 0.0313 e. The van der Waals surface area contributed by atoms with Gasteiger partial charge in [-0.05, 0) is 37.4 Å². The number of likely N-dealkylation sites (tertiary alicyclic amines) is 1. The van der Waals surface area contributed by atoms with Crippen molar-refractivity contribution in [3.63, 3.8) is 0 Å². The molecule has 3 heteroatoms. The summed E-state index contributed by atoms with van der Waals surface area (Å²) in [5.74, 6) is 0. The molecule has 0 N–H and O–H groups in total. The third-order valence-corrected chi connectivity index (χ3v) is 3.53. The summed E-state index contributed by atoms with van der Waals surface area (Å²) in [6, 6.07) is 2.23. The van der Waals surface area contributed by atoms with Crippen LogP contribution in [-0.4, -0.2) is 27.8 Å². The lowest BCUT2D eigenvalue weighted by Crippen LogP contribution is -2.35. The minimum Gasteiger partial charge on any atom is -0.298 e. The number of piperidine rings is 1. The van der Waals surface area contributed by atoms with Gasteiger partial charge < -0.3 is 0 Å². The average Bonchev–Trinajstić information content (AvgIpc) is 2.17. The van der Waals surface area contributed by atoms with E-state index in [0.717, 1.165) is 13.1 Å². The van der Waals surface area contributed by atoms with Crippen molar-refractivity contribution in [3.8, 4) is 0 Å². The Balaban J connectivity index is 1.96. The lowest BCUT2D eigenvalue weighted by atomic mass is 10.1. The first kappa shape index (κ1) is 11.1. The largest absolute Gasteiger partial charge is 0.298 e. The van der Waals surface area contributed by atoms with Gasteiger partial charge in [-0.25, -0.2) is 0 Å². The fourth-order valence-corrected chi connectivity index (χ4v) is 2.84. The van der Waals surface area contributed by atoms with Crippen molar-refractivity contribution in [1.82, 2.24) is 9.88 Å². The maximum atomic E-state index is 4.23. The van der Waals surface area contributed by atoms with Crippen LogP contribution in [0.5, 0.6) is 0 Å². The Hall–Kier alpha value is -0.410. The molecule has 0 aliphatic carbocycles. The summed E-state index contributed by atoms with van der Waals surface area (Å²) in [5, 5.41) is 0. The highest BCUT2D eigenvalue weighted by Gasteiger charge is 2.17. The Morgan fingerprint density at radius 2 is 2.40 bits per heavy atom. The molecule has 82 valence electrons. The van der Waals surface area contributed by atoms with Crippen LogP contribution in [0.4, 0.5) is 0 Å². The highest BCUT2D eigenvalue weighted by molar-refractivity contribution is 9.09. The Morgan fingerprint density at radius 3 is 3.13 bits per heavy atom. The van der Waals surface area contributed by atoms with Gasteiger partial charge >= 0.3 is 0 Å². The number of alkyl halides is 1. The van der Waals surface area contributed by atoms with E-state index in [-0.39, 0.29) is 0 Å². The summed E-state index contributed by atoms with van der Waals surface area (Å²) in [6.45, 7) is 5.51. The van der Waals surface area contributed by atoms with Gasteiger partial charge in [0.15, 0.2) is 0 Å². The van der Waals surface area contributed by atoms with E-state index in [1.165, 1.54) is 30.5 Å². The Bertz CT molecular complexity index is 327. The van der Waals surface area contributed by atoms with Crippen LogP contribution in [0.15, 0.2) is 18.5 Å². The first-order chi connectivity index (χ1) is 7.24. The minimum absolute atomic E-state index is 0.670. The normalized spacial score (nSPS) is 22.9. The van der Waals surface area contributed by atoms with Crippen LogP contribution in [-0.2, 0) is 6.54 Å².